The van der Waals surface area contributed by atoms with Gasteiger partial charge in [0.05, 0.1) is 17.5 Å². The van der Waals surface area contributed by atoms with Crippen molar-refractivity contribution in [2.24, 2.45) is 5.92 Å². The van der Waals surface area contributed by atoms with Gasteiger partial charge in [-0.3, -0.25) is 9.69 Å². The number of hydrogen-bond donors (Lipinski definition) is 1. The predicted molar refractivity (Wildman–Crippen MR) is 113 cm³/mol. The second kappa shape index (κ2) is 9.45. The third-order valence-electron chi connectivity index (χ3n) is 5.83. The fourth-order valence-corrected chi connectivity index (χ4v) is 4.76. The number of likely N-dealkylation sites (tertiary alicyclic amines) is 1. The van der Waals surface area contributed by atoms with Crippen LogP contribution in [0.3, 0.4) is 0 Å². The summed E-state index contributed by atoms with van der Waals surface area (Å²) in [5, 5.41) is 8.37. The Morgan fingerprint density at radius 3 is 2.79 bits per heavy atom. The molecule has 1 saturated carbocycles. The molecule has 1 aliphatic heterocycles. The van der Waals surface area contributed by atoms with Gasteiger partial charge in [-0.1, -0.05) is 47.6 Å². The van der Waals surface area contributed by atoms with Crippen LogP contribution in [-0.4, -0.2) is 40.1 Å². The van der Waals surface area contributed by atoms with Crippen LogP contribution in [0.25, 0.3) is 11.4 Å². The van der Waals surface area contributed by atoms with Crippen molar-refractivity contribution in [1.29, 1.82) is 0 Å². The molecular formula is C21H26Cl2N4O2. The Hall–Kier alpha value is -1.63. The van der Waals surface area contributed by atoms with E-state index in [4.69, 9.17) is 27.7 Å². The summed E-state index contributed by atoms with van der Waals surface area (Å²) < 4.78 is 5.43. The monoisotopic (exact) mass is 436 g/mol. The van der Waals surface area contributed by atoms with Gasteiger partial charge in [0.1, 0.15) is 0 Å². The SMILES string of the molecule is O=C(NC1CCCCC1)C1CCCN(Cc2nc(-c3ccc(Cl)cc3Cl)no2)C1. The number of aromatic nitrogens is 2. The van der Waals surface area contributed by atoms with Crippen LogP contribution in [-0.2, 0) is 11.3 Å². The summed E-state index contributed by atoms with van der Waals surface area (Å²) in [5.41, 5.74) is 0.689. The first kappa shape index (κ1) is 20.6. The molecule has 2 aromatic rings. The number of piperidine rings is 1. The summed E-state index contributed by atoms with van der Waals surface area (Å²) in [4.78, 5) is 19.4. The van der Waals surface area contributed by atoms with Crippen molar-refractivity contribution < 1.29 is 9.32 Å². The molecule has 2 heterocycles. The molecule has 1 unspecified atom stereocenters. The van der Waals surface area contributed by atoms with Gasteiger partial charge in [0.15, 0.2) is 0 Å². The Kier molecular flexibility index (Phi) is 6.73. The third-order valence-corrected chi connectivity index (χ3v) is 6.37. The summed E-state index contributed by atoms with van der Waals surface area (Å²) in [6, 6.07) is 5.55. The van der Waals surface area contributed by atoms with Gasteiger partial charge >= 0.3 is 0 Å². The molecule has 1 saturated heterocycles. The van der Waals surface area contributed by atoms with Crippen molar-refractivity contribution >= 4 is 29.1 Å². The molecule has 1 aromatic heterocycles. The Bertz CT molecular complexity index is 851. The van der Waals surface area contributed by atoms with Crippen LogP contribution >= 0.6 is 23.2 Å². The normalized spacial score (nSPS) is 21.2. The third kappa shape index (κ3) is 5.30. The number of nitrogens with zero attached hydrogens (tertiary/aromatic N) is 3. The second-order valence-electron chi connectivity index (χ2n) is 8.05. The minimum absolute atomic E-state index is 0.0266. The van der Waals surface area contributed by atoms with Crippen LogP contribution in [0, 0.1) is 5.92 Å². The number of carbonyl (C=O) groups excluding carboxylic acids is 1. The number of benzene rings is 1. The molecule has 4 rings (SSSR count). The standard InChI is InChI=1S/C21H26Cl2N4O2/c22-15-8-9-17(18(23)11-15)20-25-19(29-26-20)13-27-10-4-5-14(12-27)21(28)24-16-6-2-1-3-7-16/h8-9,11,14,16H,1-7,10,12-13H2,(H,24,28). The van der Waals surface area contributed by atoms with E-state index >= 15 is 0 Å². The molecule has 156 valence electrons. The first-order valence-electron chi connectivity index (χ1n) is 10.4. The lowest BCUT2D eigenvalue weighted by Crippen LogP contribution is -2.46. The van der Waals surface area contributed by atoms with Crippen molar-refractivity contribution in [2.75, 3.05) is 13.1 Å². The zero-order valence-electron chi connectivity index (χ0n) is 16.4. The van der Waals surface area contributed by atoms with Crippen LogP contribution in [0.1, 0.15) is 50.8 Å². The highest BCUT2D eigenvalue weighted by Crippen LogP contribution is 2.29. The second-order valence-corrected chi connectivity index (χ2v) is 8.90. The van der Waals surface area contributed by atoms with Crippen molar-refractivity contribution in [3.05, 3.63) is 34.1 Å². The summed E-state index contributed by atoms with van der Waals surface area (Å²) in [6.45, 7) is 2.18. The van der Waals surface area contributed by atoms with Gasteiger partial charge in [0.25, 0.3) is 0 Å². The molecule has 1 aromatic carbocycles. The van der Waals surface area contributed by atoms with E-state index < -0.39 is 0 Å². The molecule has 1 amide bonds. The van der Waals surface area contributed by atoms with Crippen LogP contribution < -0.4 is 5.32 Å². The van der Waals surface area contributed by atoms with Gasteiger partial charge in [0, 0.05) is 23.2 Å². The number of hydrogen-bond acceptors (Lipinski definition) is 5. The van der Waals surface area contributed by atoms with E-state index in [2.05, 4.69) is 20.4 Å². The zero-order valence-corrected chi connectivity index (χ0v) is 17.9. The van der Waals surface area contributed by atoms with Gasteiger partial charge in [-0.2, -0.15) is 4.98 Å². The largest absolute Gasteiger partial charge is 0.353 e. The van der Waals surface area contributed by atoms with Crippen LogP contribution in [0.2, 0.25) is 10.0 Å². The lowest BCUT2D eigenvalue weighted by Gasteiger charge is -2.32. The van der Waals surface area contributed by atoms with E-state index in [9.17, 15) is 4.79 Å². The molecular weight excluding hydrogens is 411 g/mol. The Labute approximate surface area is 180 Å². The Morgan fingerprint density at radius 1 is 1.17 bits per heavy atom. The highest BCUT2D eigenvalue weighted by Gasteiger charge is 2.28. The maximum Gasteiger partial charge on any atom is 0.241 e. The first-order chi connectivity index (χ1) is 14.1. The topological polar surface area (TPSA) is 71.3 Å². The van der Waals surface area contributed by atoms with Gasteiger partial charge < -0.3 is 9.84 Å². The zero-order chi connectivity index (χ0) is 20.2. The summed E-state index contributed by atoms with van der Waals surface area (Å²) in [5.74, 6) is 1.20. The van der Waals surface area contributed by atoms with E-state index in [0.29, 0.717) is 39.9 Å². The van der Waals surface area contributed by atoms with Crippen molar-refractivity contribution in [2.45, 2.75) is 57.5 Å². The van der Waals surface area contributed by atoms with Crippen molar-refractivity contribution in [3.8, 4) is 11.4 Å². The molecule has 1 aliphatic carbocycles. The summed E-state index contributed by atoms with van der Waals surface area (Å²) in [6.07, 6.45) is 7.88. The quantitative estimate of drug-likeness (QED) is 0.734. The molecule has 6 nitrogen and oxygen atoms in total. The first-order valence-corrected chi connectivity index (χ1v) is 11.1. The Balaban J connectivity index is 1.34. The van der Waals surface area contributed by atoms with Gasteiger partial charge in [-0.25, -0.2) is 0 Å². The molecule has 1 N–H and O–H groups in total. The van der Waals surface area contributed by atoms with Gasteiger partial charge in [-0.15, -0.1) is 0 Å². The molecule has 0 bridgehead atoms. The van der Waals surface area contributed by atoms with Gasteiger partial charge in [-0.05, 0) is 50.4 Å². The lowest BCUT2D eigenvalue weighted by atomic mass is 9.93. The molecule has 2 fully saturated rings. The molecule has 8 heteroatoms. The maximum absolute atomic E-state index is 12.7. The fourth-order valence-electron chi connectivity index (χ4n) is 4.27. The number of rotatable bonds is 5. The average Bonchev–Trinajstić information content (AvgIpc) is 3.17. The number of halogens is 2. The highest BCUT2D eigenvalue weighted by atomic mass is 35.5. The lowest BCUT2D eigenvalue weighted by molar-refractivity contribution is -0.127. The van der Waals surface area contributed by atoms with Crippen molar-refractivity contribution in [1.82, 2.24) is 20.4 Å². The molecule has 0 radical (unpaired) electrons. The molecule has 0 spiro atoms. The minimum Gasteiger partial charge on any atom is -0.353 e. The minimum atomic E-state index is 0.0266. The molecule has 1 atom stereocenters. The average molecular weight is 437 g/mol. The van der Waals surface area contributed by atoms with E-state index in [1.54, 1.807) is 18.2 Å². The number of carbonyl (C=O) groups is 1. The van der Waals surface area contributed by atoms with Crippen molar-refractivity contribution in [3.63, 3.8) is 0 Å². The van der Waals surface area contributed by atoms with Gasteiger partial charge in [0.2, 0.25) is 17.6 Å². The predicted octanol–water partition coefficient (Wildman–Crippen LogP) is 4.70. The smallest absolute Gasteiger partial charge is 0.241 e. The summed E-state index contributed by atoms with van der Waals surface area (Å²) >= 11 is 12.2. The Morgan fingerprint density at radius 2 is 2.00 bits per heavy atom. The highest BCUT2D eigenvalue weighted by molar-refractivity contribution is 6.36. The van der Waals surface area contributed by atoms with Crippen LogP contribution in [0.4, 0.5) is 0 Å². The van der Waals surface area contributed by atoms with Crippen LogP contribution in [0.15, 0.2) is 22.7 Å². The number of nitrogens with one attached hydrogen (secondary N) is 1. The summed E-state index contributed by atoms with van der Waals surface area (Å²) in [7, 11) is 0. The molecule has 2 aliphatic rings. The van der Waals surface area contributed by atoms with Crippen LogP contribution in [0.5, 0.6) is 0 Å². The van der Waals surface area contributed by atoms with E-state index in [1.807, 2.05) is 0 Å². The maximum atomic E-state index is 12.7. The number of amides is 1. The van der Waals surface area contributed by atoms with E-state index in [-0.39, 0.29) is 11.8 Å². The fraction of sp³-hybridized carbons (Fsp3) is 0.571. The van der Waals surface area contributed by atoms with E-state index in [0.717, 1.165) is 38.8 Å². The molecule has 29 heavy (non-hydrogen) atoms. The van der Waals surface area contributed by atoms with E-state index in [1.165, 1.54) is 19.3 Å².